The highest BCUT2D eigenvalue weighted by molar-refractivity contribution is 5.96. The molecule has 0 bridgehead atoms. The zero-order valence-electron chi connectivity index (χ0n) is 23.1. The van der Waals surface area contributed by atoms with Gasteiger partial charge >= 0.3 is 0 Å². The molecule has 2 aromatic carbocycles. The van der Waals surface area contributed by atoms with Crippen LogP contribution in [0.25, 0.3) is 33.1 Å². The number of benzene rings is 2. The Balaban J connectivity index is 1.34. The van der Waals surface area contributed by atoms with E-state index in [9.17, 15) is 14.7 Å². The molecule has 10 nitrogen and oxygen atoms in total. The van der Waals surface area contributed by atoms with Gasteiger partial charge < -0.3 is 10.0 Å². The Morgan fingerprint density at radius 2 is 1.76 bits per heavy atom. The van der Waals surface area contributed by atoms with E-state index in [0.717, 1.165) is 48.2 Å². The molecule has 0 aliphatic carbocycles. The minimum atomic E-state index is -0.628. The molecule has 1 aliphatic rings. The third-order valence-corrected chi connectivity index (χ3v) is 7.59. The first-order valence-corrected chi connectivity index (χ1v) is 13.6. The third-order valence-electron chi connectivity index (χ3n) is 7.59. The smallest absolute Gasteiger partial charge is 0.284 e. The summed E-state index contributed by atoms with van der Waals surface area (Å²) in [7, 11) is 2.10. The third kappa shape index (κ3) is 5.27. The summed E-state index contributed by atoms with van der Waals surface area (Å²) in [5.74, 6) is -0.673. The summed E-state index contributed by atoms with van der Waals surface area (Å²) in [6, 6.07) is 20.6. The second-order valence-electron chi connectivity index (χ2n) is 10.5. The lowest BCUT2D eigenvalue weighted by Crippen LogP contribution is -2.44. The van der Waals surface area contributed by atoms with Crippen molar-refractivity contribution in [1.29, 1.82) is 0 Å². The lowest BCUT2D eigenvalue weighted by molar-refractivity contribution is -0.118. The summed E-state index contributed by atoms with van der Waals surface area (Å²) >= 11 is 0. The van der Waals surface area contributed by atoms with E-state index >= 15 is 0 Å². The lowest BCUT2D eigenvalue weighted by atomic mass is 10.1. The molecule has 0 saturated carbocycles. The monoisotopic (exact) mass is 549 g/mol. The van der Waals surface area contributed by atoms with Crippen LogP contribution in [0.3, 0.4) is 0 Å². The first kappa shape index (κ1) is 26.5. The summed E-state index contributed by atoms with van der Waals surface area (Å²) in [6.45, 7) is 5.80. The highest BCUT2D eigenvalue weighted by atomic mass is 16.3. The van der Waals surface area contributed by atoms with Crippen molar-refractivity contribution in [3.8, 4) is 17.0 Å². The molecule has 1 N–H and O–H groups in total. The Morgan fingerprint density at radius 3 is 2.54 bits per heavy atom. The Morgan fingerprint density at radius 1 is 0.976 bits per heavy atom. The van der Waals surface area contributed by atoms with Crippen LogP contribution >= 0.6 is 0 Å². The molecule has 0 unspecified atom stereocenters. The van der Waals surface area contributed by atoms with Crippen molar-refractivity contribution >= 4 is 33.5 Å². The van der Waals surface area contributed by atoms with Gasteiger partial charge in [-0.2, -0.15) is 0 Å². The van der Waals surface area contributed by atoms with Gasteiger partial charge in [0.15, 0.2) is 5.69 Å². The van der Waals surface area contributed by atoms with Crippen LogP contribution in [0.5, 0.6) is 5.88 Å². The normalized spacial score (nSPS) is 14.9. The van der Waals surface area contributed by atoms with Crippen LogP contribution in [-0.4, -0.2) is 68.2 Å². The number of amides is 1. The fraction of sp³-hybridized carbons (Fsp3) is 0.258. The molecule has 0 radical (unpaired) electrons. The molecular formula is C31H31N7O3. The summed E-state index contributed by atoms with van der Waals surface area (Å²) in [5.41, 5.74) is 3.32. The maximum atomic E-state index is 13.5. The van der Waals surface area contributed by atoms with Crippen molar-refractivity contribution < 1.29 is 9.90 Å². The van der Waals surface area contributed by atoms with Crippen LogP contribution in [0, 0.1) is 6.92 Å². The van der Waals surface area contributed by atoms with E-state index in [0.29, 0.717) is 23.3 Å². The first-order valence-electron chi connectivity index (χ1n) is 13.6. The van der Waals surface area contributed by atoms with E-state index in [1.165, 1.54) is 4.57 Å². The molecule has 0 spiro atoms. The SMILES string of the molecule is Cc1ccc2c(c1)c(N=NC(=O)Cn1c(=O)c(-c3ccccc3)cc3cccnc31)c(O)n2CN1CCN(C)CC1. The van der Waals surface area contributed by atoms with Crippen LogP contribution in [-0.2, 0) is 18.0 Å². The van der Waals surface area contributed by atoms with Crippen molar-refractivity contribution in [3.05, 3.63) is 88.8 Å². The predicted molar refractivity (Wildman–Crippen MR) is 158 cm³/mol. The van der Waals surface area contributed by atoms with Crippen LogP contribution in [0.4, 0.5) is 5.69 Å². The number of pyridine rings is 2. The molecule has 6 rings (SSSR count). The zero-order valence-corrected chi connectivity index (χ0v) is 23.1. The van der Waals surface area contributed by atoms with Gasteiger partial charge in [0, 0.05) is 48.7 Å². The molecule has 41 heavy (non-hydrogen) atoms. The number of carbonyl (C=O) groups is 1. The minimum absolute atomic E-state index is 0.0450. The van der Waals surface area contributed by atoms with Gasteiger partial charge in [-0.05, 0) is 49.9 Å². The number of likely N-dealkylation sites (N-methyl/N-ethyl adjacent to an activating group) is 1. The highest BCUT2D eigenvalue weighted by Gasteiger charge is 2.21. The fourth-order valence-corrected chi connectivity index (χ4v) is 5.32. The van der Waals surface area contributed by atoms with Crippen molar-refractivity contribution in [2.75, 3.05) is 33.2 Å². The fourth-order valence-electron chi connectivity index (χ4n) is 5.32. The van der Waals surface area contributed by atoms with Crippen molar-refractivity contribution in [2.24, 2.45) is 10.2 Å². The Kier molecular flexibility index (Phi) is 7.17. The van der Waals surface area contributed by atoms with E-state index in [-0.39, 0.29) is 23.7 Å². The zero-order chi connectivity index (χ0) is 28.5. The predicted octanol–water partition coefficient (Wildman–Crippen LogP) is 4.55. The topological polar surface area (TPSA) is 108 Å². The van der Waals surface area contributed by atoms with E-state index < -0.39 is 5.91 Å². The van der Waals surface area contributed by atoms with E-state index in [1.54, 1.807) is 18.3 Å². The van der Waals surface area contributed by atoms with Crippen LogP contribution in [0.1, 0.15) is 5.56 Å². The van der Waals surface area contributed by atoms with Crippen LogP contribution in [0.15, 0.2) is 87.9 Å². The van der Waals surface area contributed by atoms with Gasteiger partial charge in [-0.15, -0.1) is 10.2 Å². The first-order chi connectivity index (χ1) is 19.9. The molecule has 1 amide bonds. The molecule has 1 saturated heterocycles. The van der Waals surface area contributed by atoms with Gasteiger partial charge in [0.05, 0.1) is 12.2 Å². The minimum Gasteiger partial charge on any atom is -0.493 e. The number of hydrogen-bond acceptors (Lipinski definition) is 7. The number of piperazine rings is 1. The second-order valence-corrected chi connectivity index (χ2v) is 10.5. The maximum absolute atomic E-state index is 13.5. The summed E-state index contributed by atoms with van der Waals surface area (Å²) < 4.78 is 3.14. The highest BCUT2D eigenvalue weighted by Crippen LogP contribution is 2.39. The molecule has 5 aromatic rings. The second kappa shape index (κ2) is 11.1. The van der Waals surface area contributed by atoms with E-state index in [4.69, 9.17) is 0 Å². The summed E-state index contributed by atoms with van der Waals surface area (Å²) in [4.78, 5) is 35.6. The van der Waals surface area contributed by atoms with E-state index in [1.807, 2.05) is 66.1 Å². The maximum Gasteiger partial charge on any atom is 0.284 e. The van der Waals surface area contributed by atoms with Gasteiger partial charge in [-0.25, -0.2) is 4.98 Å². The quantitative estimate of drug-likeness (QED) is 0.312. The number of aryl methyl sites for hydroxylation is 1. The number of carbonyl (C=O) groups excluding carboxylic acids is 1. The summed E-state index contributed by atoms with van der Waals surface area (Å²) in [6.07, 6.45) is 1.59. The molecule has 10 heteroatoms. The van der Waals surface area contributed by atoms with Crippen molar-refractivity contribution in [3.63, 3.8) is 0 Å². The van der Waals surface area contributed by atoms with Crippen LogP contribution in [0.2, 0.25) is 0 Å². The Bertz CT molecular complexity index is 1830. The average molecular weight is 550 g/mol. The molecule has 0 atom stereocenters. The Hall–Kier alpha value is -4.67. The standard InChI is InChI=1S/C31H31N7O3/c1-21-10-11-26-25(17-21)28(31(41)38(26)20-36-15-13-35(2)14-16-36)34-33-27(39)19-37-29-23(9-6-12-32-29)18-24(30(37)40)22-7-4-3-5-8-22/h3-12,17-18,41H,13-16,19-20H2,1-2H3. The number of hydrogen-bond donors (Lipinski definition) is 1. The number of aromatic nitrogens is 3. The van der Waals surface area contributed by atoms with Crippen molar-refractivity contribution in [2.45, 2.75) is 20.1 Å². The largest absolute Gasteiger partial charge is 0.493 e. The number of nitrogens with zero attached hydrogens (tertiary/aromatic N) is 7. The molecule has 3 aromatic heterocycles. The van der Waals surface area contributed by atoms with Crippen molar-refractivity contribution in [1.82, 2.24) is 23.9 Å². The molecule has 1 fully saturated rings. The lowest BCUT2D eigenvalue weighted by Gasteiger charge is -2.32. The number of azo groups is 1. The van der Waals surface area contributed by atoms with Gasteiger partial charge in [0.1, 0.15) is 12.2 Å². The van der Waals surface area contributed by atoms with Gasteiger partial charge in [0.2, 0.25) is 5.88 Å². The molecule has 1 aliphatic heterocycles. The van der Waals surface area contributed by atoms with Gasteiger partial charge in [-0.3, -0.25) is 23.6 Å². The molecular weight excluding hydrogens is 518 g/mol. The molecule has 4 heterocycles. The van der Waals surface area contributed by atoms with Crippen LogP contribution < -0.4 is 5.56 Å². The number of fused-ring (bicyclic) bond motifs is 2. The van der Waals surface area contributed by atoms with Gasteiger partial charge in [0.25, 0.3) is 11.5 Å². The van der Waals surface area contributed by atoms with E-state index in [2.05, 4.69) is 32.1 Å². The number of rotatable bonds is 6. The Labute approximate surface area is 236 Å². The number of aromatic hydroxyl groups is 1. The average Bonchev–Trinajstić information content (AvgIpc) is 3.24. The van der Waals surface area contributed by atoms with Gasteiger partial charge in [-0.1, -0.05) is 42.0 Å². The molecule has 208 valence electrons. The summed E-state index contributed by atoms with van der Waals surface area (Å²) in [5, 5.41) is 20.9.